The Hall–Kier alpha value is -3.29. The van der Waals surface area contributed by atoms with Crippen LogP contribution in [0.1, 0.15) is 12.5 Å². The number of hydrogen-bond acceptors (Lipinski definition) is 7. The van der Waals surface area contributed by atoms with Gasteiger partial charge in [-0.1, -0.05) is 30.4 Å². The van der Waals surface area contributed by atoms with Crippen molar-refractivity contribution in [2.45, 2.75) is 19.0 Å². The standard InChI is InChI=1S/C20H24N2O6/c1-13(11-17(23)27-3)21-19-15(22(20(19)25)12-18(24)28-4)10-9-14-7-5-6-8-16(14)26-2/h5-11,15,19,21H,12H2,1-4H3/b10-9+,13-11-. The minimum Gasteiger partial charge on any atom is -0.496 e. The molecule has 8 nitrogen and oxygen atoms in total. The first-order valence-corrected chi connectivity index (χ1v) is 8.62. The molecule has 2 rings (SSSR count). The first-order chi connectivity index (χ1) is 13.4. The highest BCUT2D eigenvalue weighted by Gasteiger charge is 2.46. The van der Waals surface area contributed by atoms with Crippen LogP contribution in [0.25, 0.3) is 6.08 Å². The van der Waals surface area contributed by atoms with Gasteiger partial charge in [0.15, 0.2) is 0 Å². The van der Waals surface area contributed by atoms with Gasteiger partial charge in [-0.2, -0.15) is 0 Å². The number of ether oxygens (including phenoxy) is 3. The number of hydrogen-bond donors (Lipinski definition) is 1. The van der Waals surface area contributed by atoms with E-state index >= 15 is 0 Å². The first-order valence-electron chi connectivity index (χ1n) is 8.62. The van der Waals surface area contributed by atoms with E-state index < -0.39 is 24.0 Å². The maximum absolute atomic E-state index is 12.5. The number of carbonyl (C=O) groups excluding carboxylic acids is 3. The van der Waals surface area contributed by atoms with E-state index in [0.29, 0.717) is 11.4 Å². The Morgan fingerprint density at radius 3 is 2.54 bits per heavy atom. The lowest BCUT2D eigenvalue weighted by molar-refractivity contribution is -0.157. The van der Waals surface area contributed by atoms with Crippen molar-refractivity contribution in [3.05, 3.63) is 47.7 Å². The lowest BCUT2D eigenvalue weighted by Crippen LogP contribution is -2.69. The number of rotatable bonds is 8. The SMILES string of the molecule is COC(=O)/C=C(/C)NC1C(=O)N(CC(=O)OC)C1/C=C/c1ccccc1OC. The van der Waals surface area contributed by atoms with Crippen LogP contribution in [0.15, 0.2) is 42.1 Å². The molecule has 0 aliphatic carbocycles. The van der Waals surface area contributed by atoms with Gasteiger partial charge < -0.3 is 24.4 Å². The number of nitrogens with zero attached hydrogens (tertiary/aromatic N) is 1. The number of para-hydroxylation sites is 1. The normalized spacial score (nSPS) is 19.2. The average molecular weight is 388 g/mol. The van der Waals surface area contributed by atoms with Gasteiger partial charge in [0.2, 0.25) is 5.91 Å². The predicted molar refractivity (Wildman–Crippen MR) is 102 cm³/mol. The number of likely N-dealkylation sites (tertiary alicyclic amines) is 1. The molecular formula is C20H24N2O6. The molecule has 1 aliphatic heterocycles. The van der Waals surface area contributed by atoms with Crippen molar-refractivity contribution in [3.8, 4) is 5.75 Å². The van der Waals surface area contributed by atoms with Gasteiger partial charge >= 0.3 is 11.9 Å². The van der Waals surface area contributed by atoms with Crippen LogP contribution in [0.2, 0.25) is 0 Å². The maximum Gasteiger partial charge on any atom is 0.332 e. The number of methoxy groups -OCH3 is 3. The summed E-state index contributed by atoms with van der Waals surface area (Å²) in [5.41, 5.74) is 1.32. The van der Waals surface area contributed by atoms with Crippen molar-refractivity contribution in [3.63, 3.8) is 0 Å². The third-order valence-corrected chi connectivity index (χ3v) is 4.31. The Kier molecular flexibility index (Phi) is 7.20. The van der Waals surface area contributed by atoms with Crippen LogP contribution in [-0.4, -0.2) is 62.7 Å². The zero-order valence-corrected chi connectivity index (χ0v) is 16.3. The Morgan fingerprint density at radius 1 is 1.18 bits per heavy atom. The van der Waals surface area contributed by atoms with E-state index in [1.165, 1.54) is 25.2 Å². The van der Waals surface area contributed by atoms with Crippen molar-refractivity contribution in [1.82, 2.24) is 10.2 Å². The number of allylic oxidation sites excluding steroid dienone is 1. The molecular weight excluding hydrogens is 364 g/mol. The summed E-state index contributed by atoms with van der Waals surface area (Å²) >= 11 is 0. The molecule has 28 heavy (non-hydrogen) atoms. The Labute approximate surface area is 163 Å². The fraction of sp³-hybridized carbons (Fsp3) is 0.350. The first kappa shape index (κ1) is 21.0. The highest BCUT2D eigenvalue weighted by molar-refractivity contribution is 5.94. The second kappa shape index (κ2) is 9.59. The van der Waals surface area contributed by atoms with E-state index in [9.17, 15) is 14.4 Å². The van der Waals surface area contributed by atoms with E-state index in [1.807, 2.05) is 36.4 Å². The van der Waals surface area contributed by atoms with Crippen LogP contribution in [0.3, 0.4) is 0 Å². The van der Waals surface area contributed by atoms with Crippen LogP contribution in [0.5, 0.6) is 5.75 Å². The quantitative estimate of drug-likeness (QED) is 0.405. The molecule has 0 radical (unpaired) electrons. The van der Waals surface area contributed by atoms with E-state index in [-0.39, 0.29) is 12.5 Å². The molecule has 0 saturated carbocycles. The van der Waals surface area contributed by atoms with Gasteiger partial charge in [-0.25, -0.2) is 4.79 Å². The highest BCUT2D eigenvalue weighted by Crippen LogP contribution is 2.25. The molecule has 1 heterocycles. The lowest BCUT2D eigenvalue weighted by Gasteiger charge is -2.45. The summed E-state index contributed by atoms with van der Waals surface area (Å²) in [5.74, 6) is -0.610. The van der Waals surface area contributed by atoms with Crippen molar-refractivity contribution in [1.29, 1.82) is 0 Å². The number of benzene rings is 1. The topological polar surface area (TPSA) is 94.2 Å². The largest absolute Gasteiger partial charge is 0.496 e. The van der Waals surface area contributed by atoms with Gasteiger partial charge in [-0.05, 0) is 13.0 Å². The van der Waals surface area contributed by atoms with Gasteiger partial charge in [0.05, 0.1) is 27.4 Å². The predicted octanol–water partition coefficient (Wildman–Crippen LogP) is 1.13. The summed E-state index contributed by atoms with van der Waals surface area (Å²) in [6.45, 7) is 1.50. The molecule has 0 spiro atoms. The molecule has 0 aromatic heterocycles. The highest BCUT2D eigenvalue weighted by atomic mass is 16.5. The van der Waals surface area contributed by atoms with E-state index in [4.69, 9.17) is 4.74 Å². The van der Waals surface area contributed by atoms with Crippen LogP contribution in [0.4, 0.5) is 0 Å². The molecule has 1 aromatic rings. The third-order valence-electron chi connectivity index (χ3n) is 4.31. The van der Waals surface area contributed by atoms with E-state index in [1.54, 1.807) is 14.0 Å². The summed E-state index contributed by atoms with van der Waals surface area (Å²) in [6, 6.07) is 6.42. The summed E-state index contributed by atoms with van der Waals surface area (Å²) < 4.78 is 14.6. The Balaban J connectivity index is 2.22. The molecule has 1 fully saturated rings. The number of amides is 1. The van der Waals surface area contributed by atoms with Crippen molar-refractivity contribution < 1.29 is 28.6 Å². The smallest absolute Gasteiger partial charge is 0.332 e. The zero-order valence-electron chi connectivity index (χ0n) is 16.3. The second-order valence-corrected chi connectivity index (χ2v) is 6.11. The summed E-state index contributed by atoms with van der Waals surface area (Å²) in [6.07, 6.45) is 4.90. The Bertz CT molecular complexity index is 802. The van der Waals surface area contributed by atoms with Crippen molar-refractivity contribution >= 4 is 23.9 Å². The molecule has 2 unspecified atom stereocenters. The fourth-order valence-electron chi connectivity index (χ4n) is 2.85. The molecule has 8 heteroatoms. The molecule has 1 aromatic carbocycles. The number of carbonyl (C=O) groups is 3. The van der Waals surface area contributed by atoms with E-state index in [2.05, 4.69) is 14.8 Å². The van der Waals surface area contributed by atoms with Crippen LogP contribution in [0, 0.1) is 0 Å². The van der Waals surface area contributed by atoms with Crippen molar-refractivity contribution in [2.24, 2.45) is 0 Å². The van der Waals surface area contributed by atoms with Gasteiger partial charge in [0.1, 0.15) is 18.3 Å². The number of β-lactam (4-membered cyclic amide) rings is 1. The number of esters is 2. The van der Waals surface area contributed by atoms with Crippen LogP contribution < -0.4 is 10.1 Å². The second-order valence-electron chi connectivity index (χ2n) is 6.11. The fourth-order valence-corrected chi connectivity index (χ4v) is 2.85. The lowest BCUT2D eigenvalue weighted by atomic mass is 9.93. The Morgan fingerprint density at radius 2 is 1.89 bits per heavy atom. The van der Waals surface area contributed by atoms with Crippen molar-refractivity contribution in [2.75, 3.05) is 27.9 Å². The molecule has 150 valence electrons. The third kappa shape index (κ3) is 4.91. The van der Waals surface area contributed by atoms with Gasteiger partial charge in [-0.3, -0.25) is 9.59 Å². The van der Waals surface area contributed by atoms with Crippen LogP contribution >= 0.6 is 0 Å². The average Bonchev–Trinajstić information content (AvgIpc) is 2.71. The minimum atomic E-state index is -0.614. The van der Waals surface area contributed by atoms with Gasteiger partial charge in [0.25, 0.3) is 0 Å². The van der Waals surface area contributed by atoms with Gasteiger partial charge in [-0.15, -0.1) is 0 Å². The summed E-state index contributed by atoms with van der Waals surface area (Å²) in [5, 5.41) is 3.00. The maximum atomic E-state index is 12.5. The molecule has 1 saturated heterocycles. The van der Waals surface area contributed by atoms with E-state index in [0.717, 1.165) is 5.56 Å². The van der Waals surface area contributed by atoms with Gasteiger partial charge in [0, 0.05) is 17.3 Å². The molecule has 1 amide bonds. The monoisotopic (exact) mass is 388 g/mol. The molecule has 1 aliphatic rings. The van der Waals surface area contributed by atoms with Crippen LogP contribution in [-0.2, 0) is 23.9 Å². The summed E-state index contributed by atoms with van der Waals surface area (Å²) in [4.78, 5) is 36.9. The number of nitrogens with one attached hydrogen (secondary N) is 1. The molecule has 0 bridgehead atoms. The minimum absolute atomic E-state index is 0.159. The zero-order chi connectivity index (χ0) is 20.7. The summed E-state index contributed by atoms with van der Waals surface area (Å²) in [7, 11) is 4.12. The molecule has 1 N–H and O–H groups in total. The molecule has 2 atom stereocenters.